The lowest BCUT2D eigenvalue weighted by atomic mass is 9.75. The van der Waals surface area contributed by atoms with E-state index in [4.69, 9.17) is 4.74 Å². The monoisotopic (exact) mass is 453 g/mol. The van der Waals surface area contributed by atoms with Crippen LogP contribution in [0.2, 0.25) is 0 Å². The van der Waals surface area contributed by atoms with Crippen molar-refractivity contribution in [2.75, 3.05) is 13.7 Å². The van der Waals surface area contributed by atoms with E-state index in [0.29, 0.717) is 12.1 Å². The second-order valence-electron chi connectivity index (χ2n) is 7.24. The van der Waals surface area contributed by atoms with Gasteiger partial charge in [0, 0.05) is 24.5 Å². The average molecular weight is 453 g/mol. The molecule has 0 amide bonds. The molecule has 1 aromatic carbocycles. The van der Waals surface area contributed by atoms with Crippen LogP contribution in [0.3, 0.4) is 0 Å². The molecule has 0 aromatic heterocycles. The quantitative estimate of drug-likeness (QED) is 0.462. The van der Waals surface area contributed by atoms with Gasteiger partial charge in [-0.2, -0.15) is 0 Å². The van der Waals surface area contributed by atoms with E-state index >= 15 is 0 Å². The summed E-state index contributed by atoms with van der Waals surface area (Å²) in [5.74, 6) is 0.181. The molecule has 25 heavy (non-hydrogen) atoms. The van der Waals surface area contributed by atoms with Gasteiger partial charge in [0.15, 0.2) is 0 Å². The van der Waals surface area contributed by atoms with Gasteiger partial charge in [-0.1, -0.05) is 66.3 Å². The Labute approximate surface area is 165 Å². The molecule has 3 nitrogen and oxygen atoms in total. The first-order chi connectivity index (χ1) is 12.2. The number of piperidine rings is 1. The Morgan fingerprint density at radius 3 is 2.72 bits per heavy atom. The predicted octanol–water partition coefficient (Wildman–Crippen LogP) is 4.70. The first kappa shape index (κ1) is 18.9. The molecule has 0 N–H and O–H groups in total. The van der Waals surface area contributed by atoms with Gasteiger partial charge < -0.3 is 4.74 Å². The number of carbonyl (C=O) groups excluding carboxylic acids is 1. The molecule has 2 bridgehead atoms. The lowest BCUT2D eigenvalue weighted by Crippen LogP contribution is -2.50. The Bertz CT molecular complexity index is 613. The van der Waals surface area contributed by atoms with E-state index in [9.17, 15) is 4.79 Å². The van der Waals surface area contributed by atoms with Crippen LogP contribution in [0, 0.1) is 5.92 Å². The fourth-order valence-electron chi connectivity index (χ4n) is 4.78. The van der Waals surface area contributed by atoms with Gasteiger partial charge in [-0.3, -0.25) is 9.69 Å². The molecule has 2 aliphatic heterocycles. The summed E-state index contributed by atoms with van der Waals surface area (Å²) in [4.78, 5) is 15.2. The minimum absolute atomic E-state index is 0.0450. The van der Waals surface area contributed by atoms with E-state index in [0.717, 1.165) is 32.2 Å². The molecule has 0 saturated carbocycles. The van der Waals surface area contributed by atoms with Crippen molar-refractivity contribution in [2.45, 2.75) is 57.0 Å². The van der Waals surface area contributed by atoms with Crippen molar-refractivity contribution in [3.05, 3.63) is 45.6 Å². The van der Waals surface area contributed by atoms with Crippen LogP contribution in [0.15, 0.2) is 34.4 Å². The maximum atomic E-state index is 12.7. The highest BCUT2D eigenvalue weighted by Crippen LogP contribution is 2.47. The fourth-order valence-corrected chi connectivity index (χ4v) is 5.01. The van der Waals surface area contributed by atoms with Gasteiger partial charge >= 0.3 is 5.97 Å². The highest BCUT2D eigenvalue weighted by molar-refractivity contribution is 14.1. The Morgan fingerprint density at radius 1 is 1.32 bits per heavy atom. The van der Waals surface area contributed by atoms with Crippen LogP contribution >= 0.6 is 22.6 Å². The third-order valence-electron chi connectivity index (χ3n) is 5.89. The largest absolute Gasteiger partial charge is 0.469 e. The number of halogens is 1. The van der Waals surface area contributed by atoms with Gasteiger partial charge in [0.2, 0.25) is 0 Å². The Kier molecular flexibility index (Phi) is 6.55. The van der Waals surface area contributed by atoms with Crippen LogP contribution in [-0.4, -0.2) is 36.6 Å². The third-order valence-corrected chi connectivity index (χ3v) is 6.40. The van der Waals surface area contributed by atoms with Crippen LogP contribution in [0.25, 0.3) is 0 Å². The number of rotatable bonds is 6. The number of hydrogen-bond donors (Lipinski definition) is 0. The van der Waals surface area contributed by atoms with Crippen LogP contribution in [0.1, 0.15) is 49.7 Å². The summed E-state index contributed by atoms with van der Waals surface area (Å²) in [6.07, 6.45) is 7.82. The predicted molar refractivity (Wildman–Crippen MR) is 110 cm³/mol. The van der Waals surface area contributed by atoms with Crippen LogP contribution in [-0.2, 0) is 16.0 Å². The molecule has 2 saturated heterocycles. The molecular weight excluding hydrogens is 425 g/mol. The minimum Gasteiger partial charge on any atom is -0.469 e. The fraction of sp³-hybridized carbons (Fsp3) is 0.571. The van der Waals surface area contributed by atoms with E-state index in [1.165, 1.54) is 24.7 Å². The molecule has 2 fully saturated rings. The normalized spacial score (nSPS) is 29.2. The summed E-state index contributed by atoms with van der Waals surface area (Å²) in [7, 11) is 1.53. The molecule has 0 unspecified atom stereocenters. The van der Waals surface area contributed by atoms with Crippen molar-refractivity contribution in [1.82, 2.24) is 4.90 Å². The van der Waals surface area contributed by atoms with Crippen LogP contribution in [0.4, 0.5) is 0 Å². The summed E-state index contributed by atoms with van der Waals surface area (Å²) in [5.41, 5.74) is 2.68. The molecule has 0 spiro atoms. The van der Waals surface area contributed by atoms with Gasteiger partial charge in [0.25, 0.3) is 0 Å². The molecule has 136 valence electrons. The summed E-state index contributed by atoms with van der Waals surface area (Å²) < 4.78 is 7.29. The van der Waals surface area contributed by atoms with Crippen LogP contribution in [0.5, 0.6) is 0 Å². The lowest BCUT2D eigenvalue weighted by Gasteiger charge is -2.43. The van der Waals surface area contributed by atoms with Crippen molar-refractivity contribution in [1.29, 1.82) is 0 Å². The van der Waals surface area contributed by atoms with E-state index in [1.54, 1.807) is 0 Å². The molecule has 2 heterocycles. The topological polar surface area (TPSA) is 29.5 Å². The number of aryl methyl sites for hydroxylation is 1. The van der Waals surface area contributed by atoms with Gasteiger partial charge in [0.1, 0.15) is 0 Å². The molecule has 2 aliphatic rings. The first-order valence-electron chi connectivity index (χ1n) is 9.37. The van der Waals surface area contributed by atoms with Crippen molar-refractivity contribution >= 4 is 28.6 Å². The number of nitrogens with zero attached hydrogens (tertiary/aromatic N) is 1. The van der Waals surface area contributed by atoms with Gasteiger partial charge in [0.05, 0.1) is 13.0 Å². The summed E-state index contributed by atoms with van der Waals surface area (Å²) in [6.45, 7) is 3.15. The highest BCUT2D eigenvalue weighted by Gasteiger charge is 2.50. The zero-order valence-corrected chi connectivity index (χ0v) is 17.3. The minimum atomic E-state index is -0.0524. The summed E-state index contributed by atoms with van der Waals surface area (Å²) in [6, 6.07) is 9.84. The standard InChI is InChI=1S/C21H28INO2/c1-3-5-15-6-8-16(9-7-15)18-14-17-10-11-19(20(18)21(24)25-2)23(17)13-4-12-22/h4,6-9,12,17-20H,3,5,10-11,13-14H2,1-2H3/b12-4+/t17-,18+,19+,20-/m0/s1. The number of benzene rings is 1. The average Bonchev–Trinajstić information content (AvgIpc) is 2.91. The van der Waals surface area contributed by atoms with Gasteiger partial charge in [-0.05, 0) is 40.9 Å². The van der Waals surface area contributed by atoms with E-state index < -0.39 is 0 Å². The molecule has 0 radical (unpaired) electrons. The second kappa shape index (κ2) is 8.67. The van der Waals surface area contributed by atoms with Crippen LogP contribution < -0.4 is 0 Å². The lowest BCUT2D eigenvalue weighted by molar-refractivity contribution is -0.150. The molecule has 3 rings (SSSR count). The Hall–Kier alpha value is -0.880. The van der Waals surface area contributed by atoms with Crippen molar-refractivity contribution in [2.24, 2.45) is 5.92 Å². The zero-order valence-electron chi connectivity index (χ0n) is 15.2. The third kappa shape index (κ3) is 3.95. The number of ether oxygens (including phenoxy) is 1. The molecule has 0 aliphatic carbocycles. The number of carbonyl (C=O) groups is 1. The van der Waals surface area contributed by atoms with Crippen molar-refractivity contribution < 1.29 is 9.53 Å². The number of methoxy groups -OCH3 is 1. The maximum absolute atomic E-state index is 12.7. The molecule has 1 aromatic rings. The molecule has 4 atom stereocenters. The molecular formula is C21H28INO2. The van der Waals surface area contributed by atoms with Gasteiger partial charge in [-0.25, -0.2) is 0 Å². The number of fused-ring (bicyclic) bond motifs is 2. The summed E-state index contributed by atoms with van der Waals surface area (Å²) >= 11 is 2.27. The number of hydrogen-bond acceptors (Lipinski definition) is 3. The SMILES string of the molecule is CCCc1ccc([C@H]2C[C@@H]3CC[C@H]([C@H]2C(=O)OC)N3C/C=C/I)cc1. The first-order valence-corrected chi connectivity index (χ1v) is 10.6. The van der Waals surface area contributed by atoms with Crippen molar-refractivity contribution in [3.8, 4) is 0 Å². The molecule has 4 heteroatoms. The Balaban J connectivity index is 1.87. The number of esters is 1. The Morgan fingerprint density at radius 2 is 2.08 bits per heavy atom. The zero-order chi connectivity index (χ0) is 17.8. The second-order valence-corrected chi connectivity index (χ2v) is 7.96. The van der Waals surface area contributed by atoms with Crippen molar-refractivity contribution in [3.63, 3.8) is 0 Å². The summed E-state index contributed by atoms with van der Waals surface area (Å²) in [5, 5.41) is 0. The smallest absolute Gasteiger partial charge is 0.310 e. The van der Waals surface area contributed by atoms with E-state index in [1.807, 2.05) is 0 Å². The maximum Gasteiger partial charge on any atom is 0.310 e. The van der Waals surface area contributed by atoms with E-state index in [-0.39, 0.29) is 17.8 Å². The van der Waals surface area contributed by atoms with E-state index in [2.05, 4.69) is 68.8 Å². The van der Waals surface area contributed by atoms with Gasteiger partial charge in [-0.15, -0.1) is 0 Å². The highest BCUT2D eigenvalue weighted by atomic mass is 127.